The molecule has 2 aromatic rings. The van der Waals surface area contributed by atoms with E-state index in [0.29, 0.717) is 18.6 Å². The number of hydrogen-bond acceptors (Lipinski definition) is 4. The molecule has 0 amide bonds. The molecule has 2 aliphatic rings. The largest absolute Gasteiger partial charge is 0.454 e. The Labute approximate surface area is 174 Å². The van der Waals surface area contributed by atoms with Crippen molar-refractivity contribution in [2.75, 3.05) is 19.9 Å². The molecule has 0 aromatic heterocycles. The van der Waals surface area contributed by atoms with Gasteiger partial charge in [0.05, 0.1) is 5.60 Å². The van der Waals surface area contributed by atoms with Crippen LogP contribution in [0.5, 0.6) is 11.5 Å². The van der Waals surface area contributed by atoms with Crippen LogP contribution in [0.25, 0.3) is 0 Å². The van der Waals surface area contributed by atoms with Crippen LogP contribution in [0.4, 0.5) is 0 Å². The first-order valence-corrected chi connectivity index (χ1v) is 10.8. The molecule has 0 aliphatic carbocycles. The lowest BCUT2D eigenvalue weighted by molar-refractivity contribution is -0.0771. The molecule has 0 saturated carbocycles. The molecule has 4 rings (SSSR count). The Morgan fingerprint density at radius 3 is 2.66 bits per heavy atom. The van der Waals surface area contributed by atoms with Crippen LogP contribution in [0.2, 0.25) is 0 Å². The fraction of sp³-hybridized carbons (Fsp3) is 0.520. The van der Waals surface area contributed by atoms with Gasteiger partial charge in [0.25, 0.3) is 0 Å². The van der Waals surface area contributed by atoms with Crippen LogP contribution in [-0.2, 0) is 11.3 Å². The molecule has 4 nitrogen and oxygen atoms in total. The minimum atomic E-state index is -0.0220. The first-order valence-electron chi connectivity index (χ1n) is 10.8. The highest BCUT2D eigenvalue weighted by Crippen LogP contribution is 2.40. The minimum absolute atomic E-state index is 0.0220. The van der Waals surface area contributed by atoms with Gasteiger partial charge in [-0.3, -0.25) is 0 Å². The highest BCUT2D eigenvalue weighted by atomic mass is 16.7. The zero-order valence-electron chi connectivity index (χ0n) is 17.9. The van der Waals surface area contributed by atoms with Gasteiger partial charge in [-0.1, -0.05) is 35.9 Å². The number of ether oxygens (including phenoxy) is 3. The van der Waals surface area contributed by atoms with Crippen molar-refractivity contribution >= 4 is 0 Å². The average molecular weight is 396 g/mol. The molecule has 0 radical (unpaired) electrons. The number of aryl methyl sites for hydroxylation is 1. The number of fused-ring (bicyclic) bond motifs is 1. The normalized spacial score (nSPS) is 21.1. The van der Waals surface area contributed by atoms with Gasteiger partial charge in [0.1, 0.15) is 0 Å². The number of rotatable bonds is 7. The van der Waals surface area contributed by atoms with E-state index in [0.717, 1.165) is 50.5 Å². The summed E-state index contributed by atoms with van der Waals surface area (Å²) in [5, 5.41) is 3.64. The molecule has 4 heteroatoms. The third-order valence-corrected chi connectivity index (χ3v) is 6.21. The van der Waals surface area contributed by atoms with E-state index in [2.05, 4.69) is 62.5 Å². The Morgan fingerprint density at radius 1 is 1.07 bits per heavy atom. The summed E-state index contributed by atoms with van der Waals surface area (Å²) < 4.78 is 16.9. The summed E-state index contributed by atoms with van der Waals surface area (Å²) in [6, 6.07) is 15.3. The summed E-state index contributed by atoms with van der Waals surface area (Å²) in [7, 11) is 0. The van der Waals surface area contributed by atoms with Gasteiger partial charge in [-0.25, -0.2) is 0 Å². The van der Waals surface area contributed by atoms with Crippen molar-refractivity contribution in [2.24, 2.45) is 5.92 Å². The quantitative estimate of drug-likeness (QED) is 0.655. The first-order chi connectivity index (χ1) is 14.0. The molecule has 0 bridgehead atoms. The lowest BCUT2D eigenvalue weighted by Crippen LogP contribution is -2.36. The van der Waals surface area contributed by atoms with Gasteiger partial charge >= 0.3 is 0 Å². The Kier molecular flexibility index (Phi) is 6.12. The van der Waals surface area contributed by atoms with E-state index in [1.54, 1.807) is 0 Å². The fourth-order valence-electron chi connectivity index (χ4n) is 4.65. The Hall–Kier alpha value is -2.04. The van der Waals surface area contributed by atoms with Gasteiger partial charge in [-0.15, -0.1) is 0 Å². The van der Waals surface area contributed by atoms with E-state index in [4.69, 9.17) is 14.2 Å². The first kappa shape index (κ1) is 20.2. The van der Waals surface area contributed by atoms with Gasteiger partial charge in [-0.2, -0.15) is 0 Å². The second-order valence-electron chi connectivity index (χ2n) is 9.03. The van der Waals surface area contributed by atoms with E-state index in [1.807, 2.05) is 6.07 Å². The van der Waals surface area contributed by atoms with Crippen LogP contribution in [0.1, 0.15) is 55.7 Å². The molecule has 0 spiro atoms. The summed E-state index contributed by atoms with van der Waals surface area (Å²) in [5.74, 6) is 2.92. The monoisotopic (exact) mass is 395 g/mol. The molecule has 156 valence electrons. The van der Waals surface area contributed by atoms with Crippen LogP contribution in [0.3, 0.4) is 0 Å². The van der Waals surface area contributed by atoms with Crippen molar-refractivity contribution in [3.8, 4) is 11.5 Å². The molecule has 2 aromatic carbocycles. The van der Waals surface area contributed by atoms with Crippen LogP contribution in [0.15, 0.2) is 42.5 Å². The lowest BCUT2D eigenvalue weighted by atomic mass is 9.75. The van der Waals surface area contributed by atoms with Crippen molar-refractivity contribution in [2.45, 2.75) is 58.1 Å². The van der Waals surface area contributed by atoms with Crippen LogP contribution >= 0.6 is 0 Å². The van der Waals surface area contributed by atoms with Crippen molar-refractivity contribution < 1.29 is 14.2 Å². The smallest absolute Gasteiger partial charge is 0.231 e. The molecule has 2 aliphatic heterocycles. The fourth-order valence-corrected chi connectivity index (χ4v) is 4.65. The summed E-state index contributed by atoms with van der Waals surface area (Å²) in [5.41, 5.74) is 3.99. The van der Waals surface area contributed by atoms with Crippen molar-refractivity contribution in [1.29, 1.82) is 0 Å². The van der Waals surface area contributed by atoms with E-state index in [-0.39, 0.29) is 5.60 Å². The number of nitrogens with one attached hydrogen (secondary N) is 1. The maximum Gasteiger partial charge on any atom is 0.231 e. The summed E-state index contributed by atoms with van der Waals surface area (Å²) >= 11 is 0. The van der Waals surface area contributed by atoms with E-state index >= 15 is 0 Å². The SMILES string of the molecule is Cc1ccc([C@H](CCNCc2ccc3c(c2)OCO3)[C@H]2CCOC(C)(C)C2)cc1. The molecular formula is C25H33NO3. The van der Waals surface area contributed by atoms with Gasteiger partial charge in [0, 0.05) is 13.2 Å². The standard InChI is InChI=1S/C25H33NO3/c1-18-4-7-20(8-5-18)22(21-11-13-29-25(2,3)15-21)10-12-26-16-19-6-9-23-24(14-19)28-17-27-23/h4-9,14,21-22,26H,10-13,15-17H2,1-3H3/t21-,22-/m0/s1. The topological polar surface area (TPSA) is 39.7 Å². The average Bonchev–Trinajstić information content (AvgIpc) is 3.16. The molecule has 0 unspecified atom stereocenters. The molecule has 1 saturated heterocycles. The Morgan fingerprint density at radius 2 is 1.86 bits per heavy atom. The second kappa shape index (κ2) is 8.76. The van der Waals surface area contributed by atoms with Crippen LogP contribution < -0.4 is 14.8 Å². The Balaban J connectivity index is 1.38. The lowest BCUT2D eigenvalue weighted by Gasteiger charge is -2.39. The van der Waals surface area contributed by atoms with Crippen molar-refractivity contribution in [3.05, 3.63) is 59.2 Å². The number of hydrogen-bond donors (Lipinski definition) is 1. The van der Waals surface area contributed by atoms with Crippen molar-refractivity contribution in [1.82, 2.24) is 5.32 Å². The molecule has 1 N–H and O–H groups in total. The summed E-state index contributed by atoms with van der Waals surface area (Å²) in [6.07, 6.45) is 3.40. The van der Waals surface area contributed by atoms with Gasteiger partial charge in [0.15, 0.2) is 11.5 Å². The molecule has 2 heterocycles. The molecular weight excluding hydrogens is 362 g/mol. The van der Waals surface area contributed by atoms with E-state index in [9.17, 15) is 0 Å². The van der Waals surface area contributed by atoms with E-state index < -0.39 is 0 Å². The Bertz CT molecular complexity index is 815. The zero-order chi connectivity index (χ0) is 20.3. The van der Waals surface area contributed by atoms with Crippen molar-refractivity contribution in [3.63, 3.8) is 0 Å². The minimum Gasteiger partial charge on any atom is -0.454 e. The zero-order valence-corrected chi connectivity index (χ0v) is 17.9. The van der Waals surface area contributed by atoms with Gasteiger partial charge in [-0.05, 0) is 81.7 Å². The maximum absolute atomic E-state index is 5.98. The van der Waals surface area contributed by atoms with Gasteiger partial charge < -0.3 is 19.5 Å². The predicted molar refractivity (Wildman–Crippen MR) is 116 cm³/mol. The van der Waals surface area contributed by atoms with Crippen LogP contribution in [-0.4, -0.2) is 25.5 Å². The highest BCUT2D eigenvalue weighted by Gasteiger charge is 2.33. The number of benzene rings is 2. The van der Waals surface area contributed by atoms with Gasteiger partial charge in [0.2, 0.25) is 6.79 Å². The second-order valence-corrected chi connectivity index (χ2v) is 9.03. The molecule has 29 heavy (non-hydrogen) atoms. The molecule has 1 fully saturated rings. The highest BCUT2D eigenvalue weighted by molar-refractivity contribution is 5.44. The summed E-state index contributed by atoms with van der Waals surface area (Å²) in [6.45, 7) is 9.63. The third kappa shape index (κ3) is 5.12. The third-order valence-electron chi connectivity index (χ3n) is 6.21. The predicted octanol–water partition coefficient (Wildman–Crippen LogP) is 5.19. The molecule has 2 atom stereocenters. The maximum atomic E-state index is 5.98. The summed E-state index contributed by atoms with van der Waals surface area (Å²) in [4.78, 5) is 0. The van der Waals surface area contributed by atoms with E-state index in [1.165, 1.54) is 16.7 Å². The van der Waals surface area contributed by atoms with Crippen LogP contribution in [0, 0.1) is 12.8 Å².